The Labute approximate surface area is 110 Å². The van der Waals surface area contributed by atoms with E-state index in [1.165, 1.54) is 29.7 Å². The number of rotatable bonds is 3. The molecule has 2 aromatic heterocycles. The second-order valence-corrected chi connectivity index (χ2v) is 6.18. The van der Waals surface area contributed by atoms with E-state index in [2.05, 4.69) is 18.0 Å². The van der Waals surface area contributed by atoms with E-state index in [9.17, 15) is 4.79 Å². The van der Waals surface area contributed by atoms with Gasteiger partial charge in [-0.1, -0.05) is 0 Å². The van der Waals surface area contributed by atoms with E-state index in [1.807, 2.05) is 6.92 Å². The Balaban J connectivity index is 2.25. The number of aryl methyl sites for hydroxylation is 2. The van der Waals surface area contributed by atoms with E-state index in [0.29, 0.717) is 4.88 Å². The van der Waals surface area contributed by atoms with E-state index in [0.717, 1.165) is 33.8 Å². The average molecular weight is 260 g/mol. The van der Waals surface area contributed by atoms with Gasteiger partial charge in [-0.2, -0.15) is 0 Å². The summed E-state index contributed by atoms with van der Waals surface area (Å²) in [6.07, 6.45) is 3.52. The lowest BCUT2D eigenvalue weighted by Gasteiger charge is -2.03. The van der Waals surface area contributed by atoms with Crippen molar-refractivity contribution >= 4 is 27.5 Å². The molecule has 18 heavy (non-hydrogen) atoms. The van der Waals surface area contributed by atoms with Gasteiger partial charge in [-0.15, -0.1) is 11.3 Å². The third-order valence-corrected chi connectivity index (χ3v) is 4.64. The second-order valence-electron chi connectivity index (χ2n) is 5.18. The van der Waals surface area contributed by atoms with Gasteiger partial charge in [0.1, 0.15) is 4.83 Å². The van der Waals surface area contributed by atoms with Gasteiger partial charge in [0.15, 0.2) is 0 Å². The van der Waals surface area contributed by atoms with Crippen LogP contribution in [0.1, 0.15) is 39.3 Å². The van der Waals surface area contributed by atoms with Crippen LogP contribution in [-0.4, -0.2) is 10.9 Å². The van der Waals surface area contributed by atoms with Crippen molar-refractivity contribution in [3.8, 4) is 0 Å². The van der Waals surface area contributed by atoms with Crippen LogP contribution in [0.4, 0.5) is 0 Å². The van der Waals surface area contributed by atoms with Gasteiger partial charge in [0.25, 0.3) is 5.91 Å². The first kappa shape index (κ1) is 11.7. The smallest absolute Gasteiger partial charge is 0.259 e. The van der Waals surface area contributed by atoms with Gasteiger partial charge in [-0.05, 0) is 56.2 Å². The number of primary amides is 1. The molecule has 0 saturated heterocycles. The molecule has 0 unspecified atom stereocenters. The van der Waals surface area contributed by atoms with Crippen molar-refractivity contribution in [3.63, 3.8) is 0 Å². The van der Waals surface area contributed by atoms with Crippen LogP contribution in [0.5, 0.6) is 0 Å². The number of nitrogens with two attached hydrogens (primary N) is 1. The number of pyridine rings is 1. The van der Waals surface area contributed by atoms with Crippen LogP contribution in [0.25, 0.3) is 10.2 Å². The number of nitrogens with zero attached hydrogens (tertiary/aromatic N) is 1. The molecule has 3 nitrogen and oxygen atoms in total. The summed E-state index contributed by atoms with van der Waals surface area (Å²) in [6.45, 7) is 4.07. The maximum atomic E-state index is 11.6. The fourth-order valence-corrected chi connectivity index (χ4v) is 3.70. The van der Waals surface area contributed by atoms with Crippen molar-refractivity contribution in [2.24, 2.45) is 11.7 Å². The molecule has 2 aromatic rings. The Bertz CT molecular complexity index is 641. The molecule has 3 rings (SSSR count). The maximum absolute atomic E-state index is 11.6. The minimum atomic E-state index is -0.314. The zero-order valence-corrected chi connectivity index (χ0v) is 11.4. The lowest BCUT2D eigenvalue weighted by molar-refractivity contribution is 0.100. The minimum absolute atomic E-state index is 0.314. The third kappa shape index (κ3) is 1.90. The summed E-state index contributed by atoms with van der Waals surface area (Å²) < 4.78 is 0. The normalized spacial score (nSPS) is 15.2. The Kier molecular flexibility index (Phi) is 2.63. The highest BCUT2D eigenvalue weighted by Crippen LogP contribution is 2.39. The van der Waals surface area contributed by atoms with E-state index in [1.54, 1.807) is 0 Å². The number of amides is 1. The van der Waals surface area contributed by atoms with Crippen LogP contribution >= 0.6 is 11.3 Å². The lowest BCUT2D eigenvalue weighted by atomic mass is 10.0. The van der Waals surface area contributed by atoms with Crippen LogP contribution in [0.3, 0.4) is 0 Å². The fourth-order valence-electron chi connectivity index (χ4n) is 2.52. The monoisotopic (exact) mass is 260 g/mol. The summed E-state index contributed by atoms with van der Waals surface area (Å²) in [5.41, 5.74) is 8.84. The predicted molar refractivity (Wildman–Crippen MR) is 74.0 cm³/mol. The molecule has 0 atom stereocenters. The zero-order valence-electron chi connectivity index (χ0n) is 10.6. The number of fused-ring (bicyclic) bond motifs is 1. The Morgan fingerprint density at radius 3 is 2.83 bits per heavy atom. The van der Waals surface area contributed by atoms with E-state index in [4.69, 9.17) is 5.73 Å². The molecule has 4 heteroatoms. The van der Waals surface area contributed by atoms with Crippen LogP contribution in [0.2, 0.25) is 0 Å². The highest BCUT2D eigenvalue weighted by Gasteiger charge is 2.27. The highest BCUT2D eigenvalue weighted by atomic mass is 32.1. The maximum Gasteiger partial charge on any atom is 0.259 e. The lowest BCUT2D eigenvalue weighted by Crippen LogP contribution is -2.11. The molecule has 2 heterocycles. The van der Waals surface area contributed by atoms with Crippen LogP contribution < -0.4 is 5.73 Å². The van der Waals surface area contributed by atoms with Crippen molar-refractivity contribution in [3.05, 3.63) is 27.8 Å². The molecule has 1 aliphatic rings. The molecule has 1 aliphatic carbocycles. The van der Waals surface area contributed by atoms with E-state index in [-0.39, 0.29) is 5.91 Å². The van der Waals surface area contributed by atoms with Gasteiger partial charge in [-0.25, -0.2) is 4.98 Å². The Morgan fingerprint density at radius 1 is 1.50 bits per heavy atom. The summed E-state index contributed by atoms with van der Waals surface area (Å²) in [6, 6.07) is 2.08. The molecule has 94 valence electrons. The second kappa shape index (κ2) is 4.05. The molecule has 0 bridgehead atoms. The van der Waals surface area contributed by atoms with Gasteiger partial charge in [0.2, 0.25) is 0 Å². The Hall–Kier alpha value is -1.42. The first-order valence-corrected chi connectivity index (χ1v) is 7.07. The van der Waals surface area contributed by atoms with E-state index < -0.39 is 0 Å². The number of carbonyl (C=O) groups is 1. The summed E-state index contributed by atoms with van der Waals surface area (Å²) in [4.78, 5) is 17.8. The highest BCUT2D eigenvalue weighted by molar-refractivity contribution is 7.20. The van der Waals surface area contributed by atoms with Crippen molar-refractivity contribution < 1.29 is 4.79 Å². The van der Waals surface area contributed by atoms with Gasteiger partial charge in [0, 0.05) is 11.1 Å². The summed E-state index contributed by atoms with van der Waals surface area (Å²) >= 11 is 1.44. The van der Waals surface area contributed by atoms with Crippen LogP contribution in [0, 0.1) is 19.8 Å². The predicted octanol–water partition coefficient (Wildman–Crippen LogP) is 2.96. The number of hydrogen-bond donors (Lipinski definition) is 1. The summed E-state index contributed by atoms with van der Waals surface area (Å²) in [5.74, 6) is 0.423. The topological polar surface area (TPSA) is 56.0 Å². The van der Waals surface area contributed by atoms with Crippen molar-refractivity contribution in [2.75, 3.05) is 0 Å². The van der Waals surface area contributed by atoms with Crippen LogP contribution in [-0.2, 0) is 6.42 Å². The number of thiophene rings is 1. The fraction of sp³-hybridized carbons (Fsp3) is 0.429. The quantitative estimate of drug-likeness (QED) is 0.922. The van der Waals surface area contributed by atoms with Gasteiger partial charge in [0.05, 0.1) is 4.88 Å². The molecule has 1 saturated carbocycles. The van der Waals surface area contributed by atoms with Gasteiger partial charge < -0.3 is 5.73 Å². The molecule has 0 radical (unpaired) electrons. The van der Waals surface area contributed by atoms with Crippen molar-refractivity contribution in [1.82, 2.24) is 4.98 Å². The summed E-state index contributed by atoms with van der Waals surface area (Å²) in [7, 11) is 0. The molecule has 0 aromatic carbocycles. The minimum Gasteiger partial charge on any atom is -0.365 e. The molecular weight excluding hydrogens is 244 g/mol. The first-order valence-electron chi connectivity index (χ1n) is 6.25. The number of carbonyl (C=O) groups excluding carboxylic acids is 1. The number of aromatic nitrogens is 1. The molecule has 0 spiro atoms. The zero-order chi connectivity index (χ0) is 12.9. The molecule has 1 fully saturated rings. The van der Waals surface area contributed by atoms with Crippen molar-refractivity contribution in [2.45, 2.75) is 33.1 Å². The molecular formula is C14H16N2OS. The molecule has 1 amide bonds. The van der Waals surface area contributed by atoms with Gasteiger partial charge in [-0.3, -0.25) is 4.79 Å². The standard InChI is InChI=1S/C14H16N2OS/c1-7-5-8(2)16-14-11(7)10(6-9-3-4-9)12(18-14)13(15)17/h5,9H,3-4,6H2,1-2H3,(H2,15,17). The van der Waals surface area contributed by atoms with Crippen LogP contribution in [0.15, 0.2) is 6.07 Å². The first-order chi connectivity index (χ1) is 8.56. The largest absolute Gasteiger partial charge is 0.365 e. The molecule has 2 N–H and O–H groups in total. The third-order valence-electron chi connectivity index (χ3n) is 3.50. The summed E-state index contributed by atoms with van der Waals surface area (Å²) in [5, 5.41) is 1.16. The average Bonchev–Trinajstić information content (AvgIpc) is 2.99. The van der Waals surface area contributed by atoms with Crippen molar-refractivity contribution in [1.29, 1.82) is 0 Å². The molecule has 0 aliphatic heterocycles. The number of hydrogen-bond acceptors (Lipinski definition) is 3. The Morgan fingerprint density at radius 2 is 2.22 bits per heavy atom. The SMILES string of the molecule is Cc1cc(C)c2c(CC3CC3)c(C(N)=O)sc2n1. The van der Waals surface area contributed by atoms with Gasteiger partial charge >= 0.3 is 0 Å². The van der Waals surface area contributed by atoms with E-state index >= 15 is 0 Å².